The van der Waals surface area contributed by atoms with Crippen LogP contribution in [0.2, 0.25) is 0 Å². The zero-order valence-corrected chi connectivity index (χ0v) is 19.8. The monoisotopic (exact) mass is 466 g/mol. The molecule has 0 amide bonds. The number of hydrogen-bond acceptors (Lipinski definition) is 6. The summed E-state index contributed by atoms with van der Waals surface area (Å²) >= 11 is 0. The predicted molar refractivity (Wildman–Crippen MR) is 123 cm³/mol. The fourth-order valence-corrected chi connectivity index (χ4v) is 3.22. The highest BCUT2D eigenvalue weighted by Crippen LogP contribution is 2.27. The summed E-state index contributed by atoms with van der Waals surface area (Å²) in [7, 11) is 0. The van der Waals surface area contributed by atoms with E-state index in [0.29, 0.717) is 0 Å². The van der Waals surface area contributed by atoms with E-state index in [2.05, 4.69) is 0 Å². The van der Waals surface area contributed by atoms with E-state index < -0.39 is 51.5 Å². The van der Waals surface area contributed by atoms with Gasteiger partial charge in [0.25, 0.3) is 5.78 Å². The highest BCUT2D eigenvalue weighted by Gasteiger charge is 2.31. The Bertz CT molecular complexity index is 1240. The molecule has 0 aliphatic heterocycles. The van der Waals surface area contributed by atoms with Gasteiger partial charge in [0.15, 0.2) is 17.3 Å². The first kappa shape index (κ1) is 26.3. The van der Waals surface area contributed by atoms with Crippen molar-refractivity contribution in [2.24, 2.45) is 10.8 Å². The standard InChI is InChI=1S/C26H26O8/c1-25(2,3)21(29)15-9-7-13(11-17(15)20(28)24(33)34)19(27)14-8-10-16(18(12-14)23(31)32)22(30)26(4,5)6/h7-12H,1-6H3,(H,31,32)(H,33,34). The summed E-state index contributed by atoms with van der Waals surface area (Å²) in [6.07, 6.45) is 0. The molecular formula is C26H26O8. The Labute approximate surface area is 196 Å². The molecule has 0 radical (unpaired) electrons. The first-order chi connectivity index (χ1) is 15.5. The van der Waals surface area contributed by atoms with Crippen molar-refractivity contribution < 1.29 is 39.0 Å². The molecule has 0 aliphatic carbocycles. The molecule has 0 bridgehead atoms. The minimum atomic E-state index is -1.79. The Morgan fingerprint density at radius 1 is 0.588 bits per heavy atom. The smallest absolute Gasteiger partial charge is 0.377 e. The maximum atomic E-state index is 13.1. The van der Waals surface area contributed by atoms with Gasteiger partial charge in [-0.1, -0.05) is 53.7 Å². The fraction of sp³-hybridized carbons (Fsp3) is 0.308. The van der Waals surface area contributed by atoms with Crippen LogP contribution in [-0.4, -0.2) is 45.3 Å². The van der Waals surface area contributed by atoms with Crippen molar-refractivity contribution >= 4 is 35.1 Å². The van der Waals surface area contributed by atoms with E-state index >= 15 is 0 Å². The van der Waals surface area contributed by atoms with Gasteiger partial charge in [0.2, 0.25) is 0 Å². The summed E-state index contributed by atoms with van der Waals surface area (Å²) in [5, 5.41) is 18.8. The van der Waals surface area contributed by atoms with Crippen LogP contribution < -0.4 is 0 Å². The minimum Gasteiger partial charge on any atom is -0.478 e. The second-order valence-corrected chi connectivity index (χ2v) is 9.95. The van der Waals surface area contributed by atoms with Gasteiger partial charge in [0, 0.05) is 38.6 Å². The van der Waals surface area contributed by atoms with Gasteiger partial charge in [0.1, 0.15) is 0 Å². The van der Waals surface area contributed by atoms with Gasteiger partial charge in [-0.2, -0.15) is 0 Å². The molecule has 0 fully saturated rings. The molecule has 0 saturated heterocycles. The molecule has 178 valence electrons. The second kappa shape index (κ2) is 9.13. The summed E-state index contributed by atoms with van der Waals surface area (Å²) in [6, 6.07) is 7.12. The molecule has 2 N–H and O–H groups in total. The summed E-state index contributed by atoms with van der Waals surface area (Å²) in [4.78, 5) is 73.9. The van der Waals surface area contributed by atoms with Crippen LogP contribution in [0.1, 0.15) is 98.9 Å². The van der Waals surface area contributed by atoms with Gasteiger partial charge in [0.05, 0.1) is 5.56 Å². The highest BCUT2D eigenvalue weighted by atomic mass is 16.4. The largest absolute Gasteiger partial charge is 0.478 e. The second-order valence-electron chi connectivity index (χ2n) is 9.95. The van der Waals surface area contributed by atoms with Gasteiger partial charge < -0.3 is 10.2 Å². The Morgan fingerprint density at radius 2 is 0.971 bits per heavy atom. The molecule has 0 spiro atoms. The summed E-state index contributed by atoms with van der Waals surface area (Å²) in [5.74, 6) is -6.12. The van der Waals surface area contributed by atoms with E-state index in [-0.39, 0.29) is 27.8 Å². The zero-order valence-electron chi connectivity index (χ0n) is 19.8. The van der Waals surface area contributed by atoms with Crippen LogP contribution in [0.5, 0.6) is 0 Å². The maximum Gasteiger partial charge on any atom is 0.377 e. The van der Waals surface area contributed by atoms with Crippen molar-refractivity contribution in [3.8, 4) is 0 Å². The van der Waals surface area contributed by atoms with E-state index in [1.165, 1.54) is 24.3 Å². The Kier molecular flexibility index (Phi) is 7.07. The molecule has 8 nitrogen and oxygen atoms in total. The molecular weight excluding hydrogens is 440 g/mol. The number of aliphatic carboxylic acids is 1. The minimum absolute atomic E-state index is 0.0515. The van der Waals surface area contributed by atoms with Crippen LogP contribution in [0, 0.1) is 10.8 Å². The molecule has 0 atom stereocenters. The van der Waals surface area contributed by atoms with Crippen LogP contribution in [0.25, 0.3) is 0 Å². The first-order valence-electron chi connectivity index (χ1n) is 10.4. The van der Waals surface area contributed by atoms with Crippen molar-refractivity contribution in [2.75, 3.05) is 0 Å². The van der Waals surface area contributed by atoms with Crippen molar-refractivity contribution in [3.63, 3.8) is 0 Å². The van der Waals surface area contributed by atoms with E-state index in [9.17, 15) is 39.0 Å². The molecule has 34 heavy (non-hydrogen) atoms. The molecule has 0 saturated carbocycles. The van der Waals surface area contributed by atoms with Gasteiger partial charge in [-0.3, -0.25) is 19.2 Å². The number of ketones is 4. The van der Waals surface area contributed by atoms with Crippen LogP contribution in [-0.2, 0) is 4.79 Å². The number of carbonyl (C=O) groups excluding carboxylic acids is 4. The number of carbonyl (C=O) groups is 6. The quantitative estimate of drug-likeness (QED) is 0.453. The number of hydrogen-bond donors (Lipinski definition) is 2. The molecule has 8 heteroatoms. The van der Waals surface area contributed by atoms with Crippen molar-refractivity contribution in [1.82, 2.24) is 0 Å². The average Bonchev–Trinajstić information content (AvgIpc) is 2.74. The summed E-state index contributed by atoms with van der Waals surface area (Å²) < 4.78 is 0. The van der Waals surface area contributed by atoms with Crippen molar-refractivity contribution in [2.45, 2.75) is 41.5 Å². The van der Waals surface area contributed by atoms with Crippen molar-refractivity contribution in [1.29, 1.82) is 0 Å². The third-order valence-electron chi connectivity index (χ3n) is 5.08. The lowest BCUT2D eigenvalue weighted by molar-refractivity contribution is -0.131. The van der Waals surface area contributed by atoms with Crippen LogP contribution in [0.15, 0.2) is 36.4 Å². The molecule has 0 aliphatic rings. The van der Waals surface area contributed by atoms with Gasteiger partial charge in [-0.25, -0.2) is 9.59 Å². The van der Waals surface area contributed by atoms with Crippen molar-refractivity contribution in [3.05, 3.63) is 69.8 Å². The topological polar surface area (TPSA) is 143 Å². The lowest BCUT2D eigenvalue weighted by atomic mass is 9.82. The van der Waals surface area contributed by atoms with Crippen LogP contribution >= 0.6 is 0 Å². The Balaban J connectivity index is 2.65. The number of aromatic carboxylic acids is 1. The first-order valence-corrected chi connectivity index (χ1v) is 10.4. The molecule has 2 aromatic rings. The lowest BCUT2D eigenvalue weighted by Gasteiger charge is -2.19. The predicted octanol–water partition coefficient (Wildman–Crippen LogP) is 4.34. The van der Waals surface area contributed by atoms with E-state index in [4.69, 9.17) is 0 Å². The average molecular weight is 466 g/mol. The normalized spacial score (nSPS) is 11.6. The zero-order chi connectivity index (χ0) is 26.2. The third-order valence-corrected chi connectivity index (χ3v) is 5.08. The molecule has 2 rings (SSSR count). The number of carboxylic acid groups (broad SMARTS) is 2. The number of rotatable bonds is 7. The molecule has 2 aromatic carbocycles. The van der Waals surface area contributed by atoms with Gasteiger partial charge in [-0.15, -0.1) is 0 Å². The van der Waals surface area contributed by atoms with Gasteiger partial charge >= 0.3 is 11.9 Å². The maximum absolute atomic E-state index is 13.1. The molecule has 0 heterocycles. The molecule has 0 unspecified atom stereocenters. The number of carboxylic acids is 2. The fourth-order valence-electron chi connectivity index (χ4n) is 3.22. The van der Waals surface area contributed by atoms with E-state index in [0.717, 1.165) is 12.1 Å². The summed E-state index contributed by atoms with van der Waals surface area (Å²) in [6.45, 7) is 9.75. The van der Waals surface area contributed by atoms with Crippen LogP contribution in [0.4, 0.5) is 0 Å². The lowest BCUT2D eigenvalue weighted by Crippen LogP contribution is -2.25. The summed E-state index contributed by atoms with van der Waals surface area (Å²) in [5.41, 5.74) is -2.92. The Morgan fingerprint density at radius 3 is 1.32 bits per heavy atom. The number of Topliss-reactive ketones (excluding diaryl/α,β-unsaturated/α-hetero) is 3. The Hall–Kier alpha value is -3.94. The number of benzene rings is 2. The van der Waals surface area contributed by atoms with Crippen LogP contribution in [0.3, 0.4) is 0 Å². The van der Waals surface area contributed by atoms with E-state index in [1.807, 2.05) is 0 Å². The SMILES string of the molecule is CC(C)(C)C(=O)c1ccc(C(=O)c2ccc(C(=O)C(C)(C)C)c(C(=O)C(=O)O)c2)cc1C(=O)O. The van der Waals surface area contributed by atoms with E-state index in [1.54, 1.807) is 41.5 Å². The third kappa shape index (κ3) is 5.33. The molecule has 0 aromatic heterocycles. The van der Waals surface area contributed by atoms with Gasteiger partial charge in [-0.05, 0) is 24.3 Å². The highest BCUT2D eigenvalue weighted by molar-refractivity contribution is 6.41.